The van der Waals surface area contributed by atoms with Crippen molar-refractivity contribution in [3.8, 4) is 0 Å². The predicted octanol–water partition coefficient (Wildman–Crippen LogP) is 2.07. The maximum atomic E-state index is 11.5. The number of guanidine groups is 1. The molecule has 0 radical (unpaired) electrons. The Morgan fingerprint density at radius 2 is 1.72 bits per heavy atom. The molecule has 6 nitrogen and oxygen atoms in total. The van der Waals surface area contributed by atoms with Crippen molar-refractivity contribution in [2.24, 2.45) is 4.99 Å². The van der Waals surface area contributed by atoms with Crippen LogP contribution in [0, 0.1) is 0 Å². The highest BCUT2D eigenvalue weighted by atomic mass is 127. The van der Waals surface area contributed by atoms with E-state index in [1.807, 2.05) is 13.0 Å². The summed E-state index contributed by atoms with van der Waals surface area (Å²) in [5.41, 5.74) is 1.34. The molecule has 1 rings (SSSR count). The van der Waals surface area contributed by atoms with Gasteiger partial charge in [-0.25, -0.2) is 12.7 Å². The van der Waals surface area contributed by atoms with Crippen molar-refractivity contribution < 1.29 is 8.42 Å². The predicted molar refractivity (Wildman–Crippen MR) is 116 cm³/mol. The van der Waals surface area contributed by atoms with E-state index >= 15 is 0 Å². The number of aryl methyl sites for hydroxylation is 1. The van der Waals surface area contributed by atoms with Crippen LogP contribution in [0.3, 0.4) is 0 Å². The minimum absolute atomic E-state index is 0. The molecule has 2 N–H and O–H groups in total. The summed E-state index contributed by atoms with van der Waals surface area (Å²) in [5.74, 6) is 0.755. The summed E-state index contributed by atoms with van der Waals surface area (Å²) in [6.07, 6.45) is 4.05. The van der Waals surface area contributed by atoms with Crippen LogP contribution in [0.4, 0.5) is 0 Å². The fraction of sp³-hybridized carbons (Fsp3) is 0.588. The maximum absolute atomic E-state index is 11.5. The zero-order valence-corrected chi connectivity index (χ0v) is 18.5. The summed E-state index contributed by atoms with van der Waals surface area (Å²) in [5, 5.41) is 6.50. The lowest BCUT2D eigenvalue weighted by atomic mass is 10.1. The normalized spacial score (nSPS) is 11.9. The summed E-state index contributed by atoms with van der Waals surface area (Å²) >= 11 is 0. The van der Waals surface area contributed by atoms with E-state index in [0.717, 1.165) is 31.8 Å². The van der Waals surface area contributed by atoms with E-state index in [2.05, 4.69) is 39.9 Å². The number of nitrogens with one attached hydrogen (secondary N) is 2. The second kappa shape index (κ2) is 13.3. The van der Waals surface area contributed by atoms with Gasteiger partial charge >= 0.3 is 0 Å². The fourth-order valence-corrected chi connectivity index (χ4v) is 3.32. The average molecular weight is 482 g/mol. The van der Waals surface area contributed by atoms with Gasteiger partial charge in [0.15, 0.2) is 5.96 Å². The van der Waals surface area contributed by atoms with E-state index in [-0.39, 0.29) is 24.0 Å². The van der Waals surface area contributed by atoms with Gasteiger partial charge in [-0.15, -0.1) is 24.0 Å². The van der Waals surface area contributed by atoms with Crippen molar-refractivity contribution >= 4 is 40.0 Å². The highest BCUT2D eigenvalue weighted by Gasteiger charge is 2.13. The minimum Gasteiger partial charge on any atom is -0.356 e. The van der Waals surface area contributed by atoms with Crippen LogP contribution in [0.15, 0.2) is 35.3 Å². The zero-order valence-electron chi connectivity index (χ0n) is 15.4. The van der Waals surface area contributed by atoms with E-state index in [0.29, 0.717) is 19.6 Å². The Bertz CT molecular complexity index is 594. The van der Waals surface area contributed by atoms with E-state index in [4.69, 9.17) is 0 Å². The molecule has 0 aliphatic heterocycles. The quantitative estimate of drug-likeness (QED) is 0.232. The molecule has 0 aliphatic carbocycles. The largest absolute Gasteiger partial charge is 0.356 e. The highest BCUT2D eigenvalue weighted by molar-refractivity contribution is 14.0. The van der Waals surface area contributed by atoms with Crippen LogP contribution in [-0.4, -0.2) is 58.2 Å². The number of hydrogen-bond donors (Lipinski definition) is 2. The molecule has 0 unspecified atom stereocenters. The van der Waals surface area contributed by atoms with Gasteiger partial charge in [0.1, 0.15) is 0 Å². The van der Waals surface area contributed by atoms with Gasteiger partial charge in [0.25, 0.3) is 0 Å². The topological polar surface area (TPSA) is 73.8 Å². The van der Waals surface area contributed by atoms with Gasteiger partial charge < -0.3 is 10.6 Å². The molecule has 0 bridgehead atoms. The first kappa shape index (κ1) is 24.1. The summed E-state index contributed by atoms with van der Waals surface area (Å²) < 4.78 is 24.5. The van der Waals surface area contributed by atoms with E-state index < -0.39 is 10.0 Å². The molecule has 0 saturated carbocycles. The monoisotopic (exact) mass is 482 g/mol. The number of hydrogen-bond acceptors (Lipinski definition) is 3. The third-order valence-electron chi connectivity index (χ3n) is 3.70. The Labute approximate surface area is 169 Å². The molecule has 0 fully saturated rings. The van der Waals surface area contributed by atoms with E-state index in [1.54, 1.807) is 7.05 Å². The van der Waals surface area contributed by atoms with Gasteiger partial charge in [0.2, 0.25) is 10.0 Å². The number of nitrogens with zero attached hydrogens (tertiary/aromatic N) is 2. The first-order valence-electron chi connectivity index (χ1n) is 8.41. The number of halogens is 1. The molecule has 0 atom stereocenters. The molecule has 0 heterocycles. The van der Waals surface area contributed by atoms with Crippen molar-refractivity contribution in [2.45, 2.75) is 26.2 Å². The molecular formula is C17H31IN4O2S. The molecule has 0 saturated heterocycles. The van der Waals surface area contributed by atoms with Gasteiger partial charge in [0, 0.05) is 33.2 Å². The molecule has 8 heteroatoms. The molecular weight excluding hydrogens is 451 g/mol. The van der Waals surface area contributed by atoms with Crippen LogP contribution < -0.4 is 10.6 Å². The van der Waals surface area contributed by atoms with Gasteiger partial charge in [-0.05, 0) is 24.8 Å². The fourth-order valence-electron chi connectivity index (χ4n) is 2.39. The molecule has 144 valence electrons. The van der Waals surface area contributed by atoms with Crippen molar-refractivity contribution in [1.82, 2.24) is 14.9 Å². The summed E-state index contributed by atoms with van der Waals surface area (Å²) in [6, 6.07) is 10.4. The zero-order chi connectivity index (χ0) is 17.8. The van der Waals surface area contributed by atoms with Crippen molar-refractivity contribution in [3.05, 3.63) is 35.9 Å². The summed E-state index contributed by atoms with van der Waals surface area (Å²) in [4.78, 5) is 4.18. The Balaban J connectivity index is 0.00000576. The van der Waals surface area contributed by atoms with Gasteiger partial charge in [0.05, 0.1) is 6.26 Å². The Morgan fingerprint density at radius 3 is 2.24 bits per heavy atom. The Kier molecular flexibility index (Phi) is 12.9. The second-order valence-corrected chi connectivity index (χ2v) is 7.61. The molecule has 0 amide bonds. The third kappa shape index (κ3) is 10.7. The number of aliphatic imine (C=N–C) groups is 1. The van der Waals surface area contributed by atoms with Gasteiger partial charge in [-0.3, -0.25) is 4.99 Å². The van der Waals surface area contributed by atoms with Crippen molar-refractivity contribution in [3.63, 3.8) is 0 Å². The molecule has 1 aromatic carbocycles. The molecule has 0 aromatic heterocycles. The highest BCUT2D eigenvalue weighted by Crippen LogP contribution is 2.01. The molecule has 0 spiro atoms. The van der Waals surface area contributed by atoms with Crippen molar-refractivity contribution in [2.75, 3.05) is 39.5 Å². The van der Waals surface area contributed by atoms with Crippen LogP contribution in [-0.2, 0) is 16.4 Å². The van der Waals surface area contributed by atoms with Crippen molar-refractivity contribution in [1.29, 1.82) is 0 Å². The Hall–Kier alpha value is -0.870. The first-order chi connectivity index (χ1) is 11.5. The SMILES string of the molecule is CCN(CCCNC(=NC)NCCCc1ccccc1)S(C)(=O)=O.I. The van der Waals surface area contributed by atoms with Crippen LogP contribution >= 0.6 is 24.0 Å². The van der Waals surface area contributed by atoms with Crippen LogP contribution in [0.25, 0.3) is 0 Å². The maximum Gasteiger partial charge on any atom is 0.211 e. The van der Waals surface area contributed by atoms with E-state index in [1.165, 1.54) is 16.1 Å². The van der Waals surface area contributed by atoms with Crippen LogP contribution in [0.5, 0.6) is 0 Å². The number of sulfonamides is 1. The standard InChI is InChI=1S/C17H30N4O2S.HI/c1-4-21(24(3,22)23)15-9-14-20-17(18-2)19-13-8-12-16-10-6-5-7-11-16;/h5-7,10-11H,4,8-9,12-15H2,1-3H3,(H2,18,19,20);1H. The number of rotatable bonds is 10. The van der Waals surface area contributed by atoms with Crippen LogP contribution in [0.1, 0.15) is 25.3 Å². The van der Waals surface area contributed by atoms with E-state index in [9.17, 15) is 8.42 Å². The lowest BCUT2D eigenvalue weighted by Gasteiger charge is -2.18. The van der Waals surface area contributed by atoms with Gasteiger partial charge in [-0.1, -0.05) is 37.3 Å². The second-order valence-electron chi connectivity index (χ2n) is 5.62. The minimum atomic E-state index is -3.11. The lowest BCUT2D eigenvalue weighted by Crippen LogP contribution is -2.39. The molecule has 1 aromatic rings. The first-order valence-corrected chi connectivity index (χ1v) is 10.3. The summed E-state index contributed by atoms with van der Waals surface area (Å²) in [6.45, 7) is 4.41. The molecule has 0 aliphatic rings. The molecule has 25 heavy (non-hydrogen) atoms. The van der Waals surface area contributed by atoms with Gasteiger partial charge in [-0.2, -0.15) is 0 Å². The smallest absolute Gasteiger partial charge is 0.211 e. The number of benzene rings is 1. The summed E-state index contributed by atoms with van der Waals surface area (Å²) in [7, 11) is -1.37. The van der Waals surface area contributed by atoms with Crippen LogP contribution in [0.2, 0.25) is 0 Å². The average Bonchev–Trinajstić information content (AvgIpc) is 2.56. The third-order valence-corrected chi connectivity index (χ3v) is 5.08. The lowest BCUT2D eigenvalue weighted by molar-refractivity contribution is 0.424. The Morgan fingerprint density at radius 1 is 1.12 bits per heavy atom.